The lowest BCUT2D eigenvalue weighted by Gasteiger charge is -2.17. The number of benzene rings is 1. The van der Waals surface area contributed by atoms with Gasteiger partial charge in [-0.2, -0.15) is 0 Å². The lowest BCUT2D eigenvalue weighted by Crippen LogP contribution is -2.39. The summed E-state index contributed by atoms with van der Waals surface area (Å²) in [5.74, 6) is 0.279. The fourth-order valence-corrected chi connectivity index (χ4v) is 1.75. The molecule has 1 unspecified atom stereocenters. The van der Waals surface area contributed by atoms with Crippen LogP contribution in [0.5, 0.6) is 0 Å². The Morgan fingerprint density at radius 2 is 1.90 bits per heavy atom. The van der Waals surface area contributed by atoms with E-state index in [9.17, 15) is 9.59 Å². The molecule has 0 fully saturated rings. The van der Waals surface area contributed by atoms with E-state index < -0.39 is 0 Å². The molecule has 0 radical (unpaired) electrons. The second-order valence-electron chi connectivity index (χ2n) is 5.36. The van der Waals surface area contributed by atoms with Gasteiger partial charge < -0.3 is 16.4 Å². The number of hydrogen-bond acceptors (Lipinski definition) is 4. The van der Waals surface area contributed by atoms with Crippen LogP contribution < -0.4 is 16.4 Å². The number of Topliss-reactive ketones (excluding diaryl/α,β-unsaturated/α-hetero) is 1. The molecule has 0 aliphatic rings. The molecule has 0 heterocycles. The first-order valence-corrected chi connectivity index (χ1v) is 6.76. The summed E-state index contributed by atoms with van der Waals surface area (Å²) in [4.78, 5) is 23.1. The standard InChI is InChI=1S/C15H23N3O2/c1-9(2)8-17-15(20)10(3)18-12-5-6-13(11(4)19)14(16)7-12/h5-7,9-10,18H,8,16H2,1-4H3,(H,17,20). The van der Waals surface area contributed by atoms with Crippen LogP contribution >= 0.6 is 0 Å². The highest BCUT2D eigenvalue weighted by Gasteiger charge is 2.13. The number of nitrogen functional groups attached to an aromatic ring is 1. The third-order valence-electron chi connectivity index (χ3n) is 2.89. The molecule has 0 aliphatic carbocycles. The summed E-state index contributed by atoms with van der Waals surface area (Å²) >= 11 is 0. The molecule has 5 nitrogen and oxygen atoms in total. The quantitative estimate of drug-likeness (QED) is 0.549. The third kappa shape index (κ3) is 4.57. The van der Waals surface area contributed by atoms with Gasteiger partial charge in [0.05, 0.1) is 0 Å². The molecule has 1 aromatic carbocycles. The van der Waals surface area contributed by atoms with E-state index in [0.29, 0.717) is 23.7 Å². The number of carbonyl (C=O) groups is 2. The second-order valence-corrected chi connectivity index (χ2v) is 5.36. The van der Waals surface area contributed by atoms with Gasteiger partial charge in [0.1, 0.15) is 6.04 Å². The van der Waals surface area contributed by atoms with Crippen LogP contribution in [0.25, 0.3) is 0 Å². The third-order valence-corrected chi connectivity index (χ3v) is 2.89. The highest BCUT2D eigenvalue weighted by molar-refractivity contribution is 5.99. The summed E-state index contributed by atoms with van der Waals surface area (Å²) < 4.78 is 0. The Balaban J connectivity index is 2.66. The van der Waals surface area contributed by atoms with Crippen molar-refractivity contribution >= 4 is 23.1 Å². The molecule has 20 heavy (non-hydrogen) atoms. The molecule has 5 heteroatoms. The zero-order chi connectivity index (χ0) is 15.3. The minimum atomic E-state index is -0.365. The SMILES string of the molecule is CC(=O)c1ccc(NC(C)C(=O)NCC(C)C)cc1N. The Morgan fingerprint density at radius 3 is 2.40 bits per heavy atom. The van der Waals surface area contributed by atoms with Gasteiger partial charge in [0.15, 0.2) is 5.78 Å². The molecular formula is C15H23N3O2. The molecule has 1 atom stereocenters. The maximum Gasteiger partial charge on any atom is 0.242 e. The summed E-state index contributed by atoms with van der Waals surface area (Å²) in [5.41, 5.74) is 7.44. The number of carbonyl (C=O) groups excluding carboxylic acids is 2. The normalized spacial score (nSPS) is 12.1. The summed E-state index contributed by atoms with van der Waals surface area (Å²) in [6.07, 6.45) is 0. The number of ketones is 1. The van der Waals surface area contributed by atoms with Gasteiger partial charge in [-0.25, -0.2) is 0 Å². The molecule has 1 rings (SSSR count). The molecule has 4 N–H and O–H groups in total. The van der Waals surface area contributed by atoms with Gasteiger partial charge in [0, 0.05) is 23.5 Å². The van der Waals surface area contributed by atoms with E-state index in [1.54, 1.807) is 25.1 Å². The first kappa shape index (κ1) is 16.0. The Bertz CT molecular complexity index is 498. The molecule has 110 valence electrons. The maximum atomic E-state index is 11.9. The first-order chi connectivity index (χ1) is 9.31. The van der Waals surface area contributed by atoms with Crippen LogP contribution in [0, 0.1) is 5.92 Å². The minimum absolute atomic E-state index is 0.0621. The smallest absolute Gasteiger partial charge is 0.242 e. The highest BCUT2D eigenvalue weighted by Crippen LogP contribution is 2.19. The Morgan fingerprint density at radius 1 is 1.25 bits per heavy atom. The molecule has 0 aliphatic heterocycles. The Labute approximate surface area is 119 Å². The van der Waals surface area contributed by atoms with Crippen molar-refractivity contribution in [3.63, 3.8) is 0 Å². The van der Waals surface area contributed by atoms with E-state index in [1.807, 2.05) is 13.8 Å². The summed E-state index contributed by atoms with van der Waals surface area (Å²) in [6.45, 7) is 7.99. The molecule has 0 saturated carbocycles. The monoisotopic (exact) mass is 277 g/mol. The largest absolute Gasteiger partial charge is 0.398 e. The zero-order valence-corrected chi connectivity index (χ0v) is 12.5. The van der Waals surface area contributed by atoms with Crippen LogP contribution in [-0.2, 0) is 4.79 Å². The Kier molecular flexibility index (Phi) is 5.55. The summed E-state index contributed by atoms with van der Waals surface area (Å²) in [5, 5.41) is 5.93. The average Bonchev–Trinajstić information content (AvgIpc) is 2.35. The number of amides is 1. The zero-order valence-electron chi connectivity index (χ0n) is 12.5. The fourth-order valence-electron chi connectivity index (χ4n) is 1.75. The van der Waals surface area contributed by atoms with Crippen molar-refractivity contribution in [1.82, 2.24) is 5.32 Å². The number of hydrogen-bond donors (Lipinski definition) is 3. The van der Waals surface area contributed by atoms with Gasteiger partial charge in [-0.1, -0.05) is 13.8 Å². The van der Waals surface area contributed by atoms with Crippen molar-refractivity contribution in [3.8, 4) is 0 Å². The van der Waals surface area contributed by atoms with Crippen molar-refractivity contribution in [2.75, 3.05) is 17.6 Å². The predicted molar refractivity (Wildman–Crippen MR) is 81.8 cm³/mol. The maximum absolute atomic E-state index is 11.9. The summed E-state index contributed by atoms with van der Waals surface area (Å²) in [7, 11) is 0. The van der Waals surface area contributed by atoms with Gasteiger partial charge in [0.2, 0.25) is 5.91 Å². The van der Waals surface area contributed by atoms with Crippen molar-refractivity contribution in [2.24, 2.45) is 5.92 Å². The number of nitrogens with one attached hydrogen (secondary N) is 2. The lowest BCUT2D eigenvalue weighted by atomic mass is 10.1. The minimum Gasteiger partial charge on any atom is -0.398 e. The van der Waals surface area contributed by atoms with Gasteiger partial charge in [-0.15, -0.1) is 0 Å². The molecule has 0 spiro atoms. The predicted octanol–water partition coefficient (Wildman–Crippen LogP) is 2.04. The molecule has 0 aromatic heterocycles. The van der Waals surface area contributed by atoms with Crippen LogP contribution in [0.2, 0.25) is 0 Å². The number of anilines is 2. The van der Waals surface area contributed by atoms with E-state index >= 15 is 0 Å². The number of rotatable bonds is 6. The van der Waals surface area contributed by atoms with Crippen molar-refractivity contribution in [1.29, 1.82) is 0 Å². The van der Waals surface area contributed by atoms with Crippen molar-refractivity contribution in [2.45, 2.75) is 33.7 Å². The molecule has 1 amide bonds. The van der Waals surface area contributed by atoms with Gasteiger partial charge in [0.25, 0.3) is 0 Å². The van der Waals surface area contributed by atoms with Gasteiger partial charge >= 0.3 is 0 Å². The van der Waals surface area contributed by atoms with Crippen LogP contribution in [0.4, 0.5) is 11.4 Å². The van der Waals surface area contributed by atoms with E-state index in [4.69, 9.17) is 5.73 Å². The molecule has 1 aromatic rings. The van der Waals surface area contributed by atoms with Crippen LogP contribution in [0.1, 0.15) is 38.1 Å². The van der Waals surface area contributed by atoms with Gasteiger partial charge in [-0.3, -0.25) is 9.59 Å². The lowest BCUT2D eigenvalue weighted by molar-refractivity contribution is -0.121. The molecular weight excluding hydrogens is 254 g/mol. The highest BCUT2D eigenvalue weighted by atomic mass is 16.2. The summed E-state index contributed by atoms with van der Waals surface area (Å²) in [6, 6.07) is 4.72. The van der Waals surface area contributed by atoms with E-state index in [0.717, 1.165) is 5.69 Å². The topological polar surface area (TPSA) is 84.2 Å². The van der Waals surface area contributed by atoms with Crippen molar-refractivity contribution < 1.29 is 9.59 Å². The van der Waals surface area contributed by atoms with Crippen molar-refractivity contribution in [3.05, 3.63) is 23.8 Å². The Hall–Kier alpha value is -2.04. The van der Waals surface area contributed by atoms with E-state index in [1.165, 1.54) is 6.92 Å². The van der Waals surface area contributed by atoms with Gasteiger partial charge in [-0.05, 0) is 38.0 Å². The van der Waals surface area contributed by atoms with Crippen LogP contribution in [0.15, 0.2) is 18.2 Å². The average molecular weight is 277 g/mol. The van der Waals surface area contributed by atoms with Crippen LogP contribution in [0.3, 0.4) is 0 Å². The van der Waals surface area contributed by atoms with E-state index in [2.05, 4.69) is 10.6 Å². The van der Waals surface area contributed by atoms with Crippen LogP contribution in [-0.4, -0.2) is 24.3 Å². The molecule has 0 saturated heterocycles. The second kappa shape index (κ2) is 6.93. The van der Waals surface area contributed by atoms with E-state index in [-0.39, 0.29) is 17.7 Å². The number of nitrogens with two attached hydrogens (primary N) is 1. The fraction of sp³-hybridized carbons (Fsp3) is 0.467. The first-order valence-electron chi connectivity index (χ1n) is 6.76. The molecule has 0 bridgehead atoms.